The summed E-state index contributed by atoms with van der Waals surface area (Å²) < 4.78 is 10.8. The molecule has 0 bridgehead atoms. The van der Waals surface area contributed by atoms with Gasteiger partial charge in [-0.3, -0.25) is 14.8 Å². The zero-order chi connectivity index (χ0) is 20.8. The van der Waals surface area contributed by atoms with E-state index in [4.69, 9.17) is 9.47 Å². The lowest BCUT2D eigenvalue weighted by atomic mass is 9.93. The van der Waals surface area contributed by atoms with Crippen LogP contribution in [-0.2, 0) is 9.47 Å². The fourth-order valence-electron chi connectivity index (χ4n) is 3.40. The van der Waals surface area contributed by atoms with Gasteiger partial charge in [0.2, 0.25) is 0 Å². The van der Waals surface area contributed by atoms with Crippen molar-refractivity contribution in [1.82, 2.24) is 25.3 Å². The first-order valence-electron chi connectivity index (χ1n) is 9.81. The molecule has 4 rings (SSSR count). The highest BCUT2D eigenvalue weighted by molar-refractivity contribution is 7.13. The van der Waals surface area contributed by atoms with E-state index in [0.717, 1.165) is 35.4 Å². The fraction of sp³-hybridized carbons (Fsp3) is 0.450. The minimum Gasteiger partial charge on any atom is -0.382 e. The first-order valence-corrected chi connectivity index (χ1v) is 11.6. The molecule has 0 aliphatic heterocycles. The lowest BCUT2D eigenvalue weighted by molar-refractivity contribution is -0.00409. The topological polar surface area (TPSA) is 99.1 Å². The Bertz CT molecular complexity index is 889. The van der Waals surface area contributed by atoms with Crippen LogP contribution in [0.15, 0.2) is 29.5 Å². The average Bonchev–Trinajstić information content (AvgIpc) is 3.49. The molecule has 1 amide bonds. The van der Waals surface area contributed by atoms with Crippen molar-refractivity contribution in [1.29, 1.82) is 0 Å². The van der Waals surface area contributed by atoms with Crippen LogP contribution in [-0.4, -0.2) is 58.3 Å². The highest BCUT2D eigenvalue weighted by Crippen LogP contribution is 2.27. The summed E-state index contributed by atoms with van der Waals surface area (Å²) >= 11 is 2.92. The molecule has 0 atom stereocenters. The summed E-state index contributed by atoms with van der Waals surface area (Å²) in [5, 5.41) is 3.13. The van der Waals surface area contributed by atoms with Crippen molar-refractivity contribution in [3.63, 3.8) is 0 Å². The molecule has 10 heteroatoms. The Morgan fingerprint density at radius 2 is 1.80 bits per heavy atom. The van der Waals surface area contributed by atoms with Crippen LogP contribution in [0.25, 0.3) is 21.3 Å². The van der Waals surface area contributed by atoms with Crippen LogP contribution in [0.2, 0.25) is 0 Å². The molecule has 1 aliphatic rings. The summed E-state index contributed by atoms with van der Waals surface area (Å²) in [6.07, 6.45) is 7.32. The molecule has 3 heterocycles. The Balaban J connectivity index is 1.45. The first kappa shape index (κ1) is 21.0. The van der Waals surface area contributed by atoms with Crippen LogP contribution >= 0.6 is 22.7 Å². The Morgan fingerprint density at radius 3 is 2.47 bits per heavy atom. The number of nitrogens with one attached hydrogen (secondary N) is 1. The van der Waals surface area contributed by atoms with Gasteiger partial charge in [-0.25, -0.2) is 9.97 Å². The Morgan fingerprint density at radius 1 is 1.07 bits per heavy atom. The second-order valence-corrected chi connectivity index (χ2v) is 8.78. The molecule has 1 saturated carbocycles. The normalized spacial score (nSPS) is 19.0. The summed E-state index contributed by atoms with van der Waals surface area (Å²) in [5.74, 6) is 0.321. The third kappa shape index (κ3) is 5.25. The van der Waals surface area contributed by atoms with Gasteiger partial charge in [-0.1, -0.05) is 0 Å². The molecule has 3 aromatic rings. The van der Waals surface area contributed by atoms with Gasteiger partial charge in [0.1, 0.15) is 5.69 Å². The molecule has 3 aromatic heterocycles. The second kappa shape index (κ2) is 10.2. The van der Waals surface area contributed by atoms with E-state index < -0.39 is 0 Å². The summed E-state index contributed by atoms with van der Waals surface area (Å²) in [4.78, 5) is 32.0. The van der Waals surface area contributed by atoms with Crippen LogP contribution < -0.4 is 5.32 Å². The molecule has 30 heavy (non-hydrogen) atoms. The van der Waals surface area contributed by atoms with Crippen molar-refractivity contribution >= 4 is 28.6 Å². The van der Waals surface area contributed by atoms with E-state index in [1.165, 1.54) is 22.7 Å². The molecule has 0 aromatic carbocycles. The van der Waals surface area contributed by atoms with E-state index in [1.807, 2.05) is 0 Å². The lowest BCUT2D eigenvalue weighted by Crippen LogP contribution is -2.39. The highest BCUT2D eigenvalue weighted by atomic mass is 32.1. The van der Waals surface area contributed by atoms with Crippen molar-refractivity contribution in [3.8, 4) is 21.3 Å². The monoisotopic (exact) mass is 445 g/mol. The summed E-state index contributed by atoms with van der Waals surface area (Å²) in [6.45, 7) is 1.22. The van der Waals surface area contributed by atoms with Gasteiger partial charge in [0.25, 0.3) is 5.91 Å². The maximum Gasteiger partial charge on any atom is 0.270 e. The molecule has 0 saturated heterocycles. The van der Waals surface area contributed by atoms with Gasteiger partial charge < -0.3 is 14.8 Å². The van der Waals surface area contributed by atoms with Gasteiger partial charge in [-0.2, -0.15) is 0 Å². The summed E-state index contributed by atoms with van der Waals surface area (Å²) in [7, 11) is 1.67. The van der Waals surface area contributed by atoms with Crippen LogP contribution in [0.5, 0.6) is 0 Å². The number of carbonyl (C=O) groups is 1. The number of methoxy groups -OCH3 is 1. The number of rotatable bonds is 8. The van der Waals surface area contributed by atoms with E-state index >= 15 is 0 Å². The third-order valence-corrected chi connectivity index (χ3v) is 6.51. The average molecular weight is 446 g/mol. The quantitative estimate of drug-likeness (QED) is 0.530. The maximum absolute atomic E-state index is 13.0. The van der Waals surface area contributed by atoms with E-state index in [0.29, 0.717) is 30.4 Å². The van der Waals surface area contributed by atoms with Gasteiger partial charge >= 0.3 is 0 Å². The van der Waals surface area contributed by atoms with Crippen molar-refractivity contribution in [2.24, 2.45) is 0 Å². The maximum atomic E-state index is 13.0. The van der Waals surface area contributed by atoms with Gasteiger partial charge in [-0.15, -0.1) is 22.7 Å². The van der Waals surface area contributed by atoms with Crippen LogP contribution in [0.3, 0.4) is 0 Å². The zero-order valence-electron chi connectivity index (χ0n) is 16.6. The van der Waals surface area contributed by atoms with Gasteiger partial charge in [0, 0.05) is 25.5 Å². The SMILES string of the molecule is COCCOC1CCC(NC(=O)c2cc(-c3cncs3)nc(-c3cncs3)n2)CC1. The van der Waals surface area contributed by atoms with Crippen LogP contribution in [0.4, 0.5) is 0 Å². The first-order chi connectivity index (χ1) is 14.7. The highest BCUT2D eigenvalue weighted by Gasteiger charge is 2.24. The molecular weight excluding hydrogens is 422 g/mol. The Hall–Kier alpha value is -2.27. The molecule has 0 unspecified atom stereocenters. The standard InChI is InChI=1S/C20H23N5O3S2/c1-27-6-7-28-14-4-2-13(3-5-14)23-20(26)16-8-15(17-9-21-11-29-17)24-19(25-16)18-10-22-12-30-18/h8-14H,2-7H2,1H3,(H,23,26). The van der Waals surface area contributed by atoms with E-state index in [-0.39, 0.29) is 18.1 Å². The van der Waals surface area contributed by atoms with E-state index in [1.54, 1.807) is 36.6 Å². The van der Waals surface area contributed by atoms with Gasteiger partial charge in [0.05, 0.1) is 45.8 Å². The Labute approximate surface area is 182 Å². The number of ether oxygens (including phenoxy) is 2. The van der Waals surface area contributed by atoms with Crippen LogP contribution in [0, 0.1) is 0 Å². The minimum atomic E-state index is -0.183. The molecule has 1 N–H and O–H groups in total. The molecular formula is C20H23N5O3S2. The lowest BCUT2D eigenvalue weighted by Gasteiger charge is -2.29. The number of hydrogen-bond donors (Lipinski definition) is 1. The number of hydrogen-bond acceptors (Lipinski definition) is 9. The largest absolute Gasteiger partial charge is 0.382 e. The smallest absolute Gasteiger partial charge is 0.270 e. The third-order valence-electron chi connectivity index (χ3n) is 4.95. The number of carbonyl (C=O) groups excluding carboxylic acids is 1. The molecule has 0 spiro atoms. The molecule has 1 aliphatic carbocycles. The predicted octanol–water partition coefficient (Wildman–Crippen LogP) is 3.43. The van der Waals surface area contributed by atoms with E-state index in [9.17, 15) is 4.79 Å². The van der Waals surface area contributed by atoms with Crippen molar-refractivity contribution in [2.45, 2.75) is 37.8 Å². The molecule has 1 fully saturated rings. The second-order valence-electron chi connectivity index (χ2n) is 7.00. The molecule has 8 nitrogen and oxygen atoms in total. The predicted molar refractivity (Wildman–Crippen MR) is 116 cm³/mol. The Kier molecular flexibility index (Phi) is 7.11. The molecule has 158 valence electrons. The van der Waals surface area contributed by atoms with Gasteiger partial charge in [-0.05, 0) is 31.7 Å². The summed E-state index contributed by atoms with van der Waals surface area (Å²) in [6, 6.07) is 1.85. The summed E-state index contributed by atoms with van der Waals surface area (Å²) in [5.41, 5.74) is 4.52. The van der Waals surface area contributed by atoms with Gasteiger partial charge in [0.15, 0.2) is 5.82 Å². The van der Waals surface area contributed by atoms with Crippen molar-refractivity contribution < 1.29 is 14.3 Å². The molecule has 0 radical (unpaired) electrons. The van der Waals surface area contributed by atoms with Crippen molar-refractivity contribution in [3.05, 3.63) is 35.2 Å². The number of aromatic nitrogens is 4. The number of nitrogens with zero attached hydrogens (tertiary/aromatic N) is 4. The van der Waals surface area contributed by atoms with E-state index in [2.05, 4.69) is 25.3 Å². The minimum absolute atomic E-state index is 0.119. The zero-order valence-corrected chi connectivity index (χ0v) is 18.2. The number of amides is 1. The number of thiazole rings is 2. The fourth-order valence-corrected chi connectivity index (χ4v) is 4.54. The van der Waals surface area contributed by atoms with Crippen molar-refractivity contribution in [2.75, 3.05) is 20.3 Å². The van der Waals surface area contributed by atoms with Crippen LogP contribution in [0.1, 0.15) is 36.2 Å².